The maximum atomic E-state index is 12.5. The molecule has 20 heavy (non-hydrogen) atoms. The molecule has 1 aliphatic rings. The maximum absolute atomic E-state index is 12.5. The van der Waals surface area contributed by atoms with Crippen LogP contribution in [0, 0.1) is 13.8 Å². The fourth-order valence-corrected chi connectivity index (χ4v) is 2.29. The molecule has 0 aliphatic carbocycles. The molecular formula is C13H16N4O3. The quantitative estimate of drug-likeness (QED) is 0.891. The predicted octanol–water partition coefficient (Wildman–Crippen LogP) is 1.23. The molecule has 0 radical (unpaired) electrons. The van der Waals surface area contributed by atoms with Gasteiger partial charge in [0, 0.05) is 24.5 Å². The SMILES string of the molecule is Cc1cnc(C2COCCN2C(=O)c2cc(C)on2)[nH]1. The molecular weight excluding hydrogens is 260 g/mol. The third-order valence-electron chi connectivity index (χ3n) is 3.27. The van der Waals surface area contributed by atoms with Crippen LogP contribution >= 0.6 is 0 Å². The van der Waals surface area contributed by atoms with E-state index >= 15 is 0 Å². The van der Waals surface area contributed by atoms with E-state index in [0.29, 0.717) is 31.2 Å². The molecule has 1 atom stereocenters. The lowest BCUT2D eigenvalue weighted by Gasteiger charge is -2.33. The standard InChI is InChI=1S/C13H16N4O3/c1-8-6-14-12(15-8)11-7-19-4-3-17(11)13(18)10-5-9(2)20-16-10/h5-6,11H,3-4,7H2,1-2H3,(H,14,15). The summed E-state index contributed by atoms with van der Waals surface area (Å²) in [6.45, 7) is 5.13. The second-order valence-corrected chi connectivity index (χ2v) is 4.86. The number of aromatic nitrogens is 3. The minimum absolute atomic E-state index is 0.163. The molecule has 1 aliphatic heterocycles. The van der Waals surface area contributed by atoms with Crippen molar-refractivity contribution in [2.45, 2.75) is 19.9 Å². The van der Waals surface area contributed by atoms with Crippen molar-refractivity contribution < 1.29 is 14.1 Å². The summed E-state index contributed by atoms with van der Waals surface area (Å²) in [4.78, 5) is 21.7. The average molecular weight is 276 g/mol. The van der Waals surface area contributed by atoms with E-state index in [1.165, 1.54) is 0 Å². The van der Waals surface area contributed by atoms with E-state index in [1.54, 1.807) is 24.1 Å². The number of nitrogens with one attached hydrogen (secondary N) is 1. The van der Waals surface area contributed by atoms with Crippen molar-refractivity contribution in [2.24, 2.45) is 0 Å². The molecule has 1 unspecified atom stereocenters. The van der Waals surface area contributed by atoms with Gasteiger partial charge in [0.2, 0.25) is 0 Å². The first-order chi connectivity index (χ1) is 9.65. The number of aromatic amines is 1. The Kier molecular flexibility index (Phi) is 3.27. The Balaban J connectivity index is 1.87. The minimum Gasteiger partial charge on any atom is -0.377 e. The number of hydrogen-bond acceptors (Lipinski definition) is 5. The molecule has 7 nitrogen and oxygen atoms in total. The van der Waals surface area contributed by atoms with Gasteiger partial charge in [-0.3, -0.25) is 4.79 Å². The van der Waals surface area contributed by atoms with Gasteiger partial charge in [-0.25, -0.2) is 4.98 Å². The number of rotatable bonds is 2. The Morgan fingerprint density at radius 2 is 2.35 bits per heavy atom. The first kappa shape index (κ1) is 12.9. The Hall–Kier alpha value is -2.15. The summed E-state index contributed by atoms with van der Waals surface area (Å²) in [7, 11) is 0. The van der Waals surface area contributed by atoms with Crippen molar-refractivity contribution in [3.63, 3.8) is 0 Å². The third-order valence-corrected chi connectivity index (χ3v) is 3.27. The number of nitrogens with zero attached hydrogens (tertiary/aromatic N) is 3. The molecule has 3 heterocycles. The Labute approximate surface area is 115 Å². The van der Waals surface area contributed by atoms with E-state index < -0.39 is 0 Å². The van der Waals surface area contributed by atoms with E-state index in [2.05, 4.69) is 15.1 Å². The second-order valence-electron chi connectivity index (χ2n) is 4.86. The molecule has 2 aromatic heterocycles. The highest BCUT2D eigenvalue weighted by molar-refractivity contribution is 5.92. The van der Waals surface area contributed by atoms with Crippen LogP contribution in [0.4, 0.5) is 0 Å². The maximum Gasteiger partial charge on any atom is 0.276 e. The normalized spacial score (nSPS) is 19.3. The molecule has 2 aromatic rings. The minimum atomic E-state index is -0.220. The molecule has 1 N–H and O–H groups in total. The third kappa shape index (κ3) is 2.32. The van der Waals surface area contributed by atoms with Gasteiger partial charge < -0.3 is 19.1 Å². The van der Waals surface area contributed by atoms with Crippen molar-refractivity contribution in [3.05, 3.63) is 35.2 Å². The van der Waals surface area contributed by atoms with Crippen molar-refractivity contribution in [1.29, 1.82) is 0 Å². The lowest BCUT2D eigenvalue weighted by molar-refractivity contribution is -0.00550. The molecule has 1 amide bonds. The summed E-state index contributed by atoms with van der Waals surface area (Å²) in [5.41, 5.74) is 1.27. The summed E-state index contributed by atoms with van der Waals surface area (Å²) >= 11 is 0. The predicted molar refractivity (Wildman–Crippen MR) is 69.2 cm³/mol. The topological polar surface area (TPSA) is 84.2 Å². The number of carbonyl (C=O) groups excluding carboxylic acids is 1. The summed E-state index contributed by atoms with van der Waals surface area (Å²) in [5, 5.41) is 3.79. The van der Waals surface area contributed by atoms with Gasteiger partial charge in [-0.2, -0.15) is 0 Å². The fraction of sp³-hybridized carbons (Fsp3) is 0.462. The van der Waals surface area contributed by atoms with E-state index in [0.717, 1.165) is 11.5 Å². The van der Waals surface area contributed by atoms with Gasteiger partial charge >= 0.3 is 0 Å². The number of carbonyl (C=O) groups is 1. The van der Waals surface area contributed by atoms with E-state index in [1.807, 2.05) is 6.92 Å². The second kappa shape index (κ2) is 5.09. The van der Waals surface area contributed by atoms with Crippen molar-refractivity contribution in [1.82, 2.24) is 20.0 Å². The molecule has 0 aromatic carbocycles. The van der Waals surface area contributed by atoms with Crippen LogP contribution in [0.2, 0.25) is 0 Å². The number of amides is 1. The van der Waals surface area contributed by atoms with Gasteiger partial charge in [0.15, 0.2) is 5.69 Å². The van der Waals surface area contributed by atoms with Gasteiger partial charge in [0.05, 0.1) is 13.2 Å². The molecule has 3 rings (SSSR count). The summed E-state index contributed by atoms with van der Waals surface area (Å²) < 4.78 is 10.4. The highest BCUT2D eigenvalue weighted by Gasteiger charge is 2.32. The van der Waals surface area contributed by atoms with Crippen LogP contribution in [0.5, 0.6) is 0 Å². The van der Waals surface area contributed by atoms with Crippen LogP contribution < -0.4 is 0 Å². The fourth-order valence-electron chi connectivity index (χ4n) is 2.29. The number of hydrogen-bond donors (Lipinski definition) is 1. The van der Waals surface area contributed by atoms with Gasteiger partial charge in [0.25, 0.3) is 5.91 Å². The number of aryl methyl sites for hydroxylation is 2. The Morgan fingerprint density at radius 3 is 3.00 bits per heavy atom. The van der Waals surface area contributed by atoms with E-state index in [9.17, 15) is 4.79 Å². The zero-order valence-electron chi connectivity index (χ0n) is 11.4. The monoisotopic (exact) mass is 276 g/mol. The molecule has 1 fully saturated rings. The van der Waals surface area contributed by atoms with E-state index in [4.69, 9.17) is 9.26 Å². The van der Waals surface area contributed by atoms with Crippen molar-refractivity contribution in [2.75, 3.05) is 19.8 Å². The zero-order valence-corrected chi connectivity index (χ0v) is 11.4. The van der Waals surface area contributed by atoms with Crippen LogP contribution in [0.25, 0.3) is 0 Å². The van der Waals surface area contributed by atoms with Gasteiger partial charge in [-0.05, 0) is 13.8 Å². The lowest BCUT2D eigenvalue weighted by Crippen LogP contribution is -2.44. The van der Waals surface area contributed by atoms with Gasteiger partial charge in [-0.15, -0.1) is 0 Å². The lowest BCUT2D eigenvalue weighted by atomic mass is 10.2. The largest absolute Gasteiger partial charge is 0.377 e. The van der Waals surface area contributed by atoms with Crippen LogP contribution in [0.3, 0.4) is 0 Å². The van der Waals surface area contributed by atoms with Crippen molar-refractivity contribution >= 4 is 5.91 Å². The zero-order chi connectivity index (χ0) is 14.1. The number of imidazole rings is 1. The Morgan fingerprint density at radius 1 is 1.50 bits per heavy atom. The highest BCUT2D eigenvalue weighted by Crippen LogP contribution is 2.23. The van der Waals surface area contributed by atoms with Crippen LogP contribution in [-0.4, -0.2) is 45.7 Å². The molecule has 0 spiro atoms. The highest BCUT2D eigenvalue weighted by atomic mass is 16.5. The van der Waals surface area contributed by atoms with Crippen LogP contribution in [0.15, 0.2) is 16.8 Å². The number of morpholine rings is 1. The molecule has 1 saturated heterocycles. The summed E-state index contributed by atoms with van der Waals surface area (Å²) in [6.07, 6.45) is 1.74. The smallest absolute Gasteiger partial charge is 0.276 e. The average Bonchev–Trinajstić information content (AvgIpc) is 3.07. The molecule has 0 bridgehead atoms. The Bertz CT molecular complexity index is 619. The van der Waals surface area contributed by atoms with Crippen LogP contribution in [-0.2, 0) is 4.74 Å². The summed E-state index contributed by atoms with van der Waals surface area (Å²) in [5.74, 6) is 1.19. The van der Waals surface area contributed by atoms with Crippen molar-refractivity contribution in [3.8, 4) is 0 Å². The number of H-pyrrole nitrogens is 1. The molecule has 7 heteroatoms. The van der Waals surface area contributed by atoms with Gasteiger partial charge in [-0.1, -0.05) is 5.16 Å². The van der Waals surface area contributed by atoms with E-state index in [-0.39, 0.29) is 11.9 Å². The molecule has 0 saturated carbocycles. The van der Waals surface area contributed by atoms with Gasteiger partial charge in [0.1, 0.15) is 17.6 Å². The van der Waals surface area contributed by atoms with Crippen LogP contribution in [0.1, 0.15) is 33.8 Å². The molecule has 106 valence electrons. The summed E-state index contributed by atoms with van der Waals surface area (Å²) in [6, 6.07) is 1.42. The first-order valence-electron chi connectivity index (χ1n) is 6.48. The first-order valence-corrected chi connectivity index (χ1v) is 6.48. The number of ether oxygens (including phenoxy) is 1.